The summed E-state index contributed by atoms with van der Waals surface area (Å²) in [5, 5.41) is 9.89. The fourth-order valence-corrected chi connectivity index (χ4v) is 2.85. The van der Waals surface area contributed by atoms with Gasteiger partial charge in [0.05, 0.1) is 0 Å². The fraction of sp³-hybridized carbons (Fsp3) is 0.0870. The molecule has 144 valence electrons. The molecular weight excluding hydrogens is 364 g/mol. The van der Waals surface area contributed by atoms with E-state index in [1.165, 1.54) is 0 Å². The van der Waals surface area contributed by atoms with Crippen LogP contribution in [0.3, 0.4) is 0 Å². The van der Waals surface area contributed by atoms with Gasteiger partial charge >= 0.3 is 0 Å². The summed E-state index contributed by atoms with van der Waals surface area (Å²) in [6, 6.07) is 24.5. The molecule has 6 heteroatoms. The number of nitrogens with one attached hydrogen (secondary N) is 2. The Balaban J connectivity index is 1.40. The maximum atomic E-state index is 12.6. The number of amides is 1. The summed E-state index contributed by atoms with van der Waals surface area (Å²) in [5.74, 6) is 1.98. The van der Waals surface area contributed by atoms with Crippen LogP contribution in [0, 0.1) is 6.92 Å². The average Bonchev–Trinajstić information content (AvgIpc) is 3.20. The summed E-state index contributed by atoms with van der Waals surface area (Å²) in [5.41, 5.74) is 3.09. The van der Waals surface area contributed by atoms with Gasteiger partial charge in [-0.1, -0.05) is 42.5 Å². The number of rotatable bonds is 6. The number of carbonyl (C=O) groups excluding carboxylic acids is 1. The Morgan fingerprint density at radius 1 is 1.00 bits per heavy atom. The molecule has 3 aromatic carbocycles. The number of benzene rings is 3. The zero-order valence-electron chi connectivity index (χ0n) is 15.9. The molecule has 29 heavy (non-hydrogen) atoms. The molecule has 4 rings (SSSR count). The molecule has 0 aliphatic carbocycles. The number of para-hydroxylation sites is 1. The van der Waals surface area contributed by atoms with Gasteiger partial charge in [0, 0.05) is 16.8 Å². The first-order valence-corrected chi connectivity index (χ1v) is 9.25. The molecule has 1 amide bonds. The summed E-state index contributed by atoms with van der Waals surface area (Å²) in [7, 11) is 0. The molecule has 0 radical (unpaired) electrons. The van der Waals surface area contributed by atoms with E-state index in [4.69, 9.17) is 4.74 Å². The number of aromatic amines is 1. The third kappa shape index (κ3) is 4.68. The highest BCUT2D eigenvalue weighted by Crippen LogP contribution is 2.20. The lowest BCUT2D eigenvalue weighted by Gasteiger charge is -2.08. The normalized spacial score (nSPS) is 10.5. The second kappa shape index (κ2) is 8.39. The van der Waals surface area contributed by atoms with Crippen molar-refractivity contribution in [2.45, 2.75) is 13.5 Å². The number of aryl methyl sites for hydroxylation is 1. The van der Waals surface area contributed by atoms with Gasteiger partial charge < -0.3 is 10.1 Å². The van der Waals surface area contributed by atoms with Crippen molar-refractivity contribution in [1.82, 2.24) is 15.2 Å². The van der Waals surface area contributed by atoms with Crippen molar-refractivity contribution in [2.75, 3.05) is 5.32 Å². The Morgan fingerprint density at radius 3 is 2.52 bits per heavy atom. The summed E-state index contributed by atoms with van der Waals surface area (Å²) in [6.07, 6.45) is 0. The Hall–Kier alpha value is -3.93. The third-order valence-electron chi connectivity index (χ3n) is 4.34. The maximum Gasteiger partial charge on any atom is 0.255 e. The number of hydrogen-bond donors (Lipinski definition) is 2. The summed E-state index contributed by atoms with van der Waals surface area (Å²) in [6.45, 7) is 2.29. The van der Waals surface area contributed by atoms with Gasteiger partial charge in [0.1, 0.15) is 18.2 Å². The van der Waals surface area contributed by atoms with Crippen molar-refractivity contribution in [3.63, 3.8) is 0 Å². The smallest absolute Gasteiger partial charge is 0.255 e. The fourth-order valence-electron chi connectivity index (χ4n) is 2.85. The Kier molecular flexibility index (Phi) is 5.33. The molecular formula is C23H20N4O2. The highest BCUT2D eigenvalue weighted by molar-refractivity contribution is 6.04. The largest absolute Gasteiger partial charge is 0.489 e. The number of H-pyrrole nitrogens is 1. The van der Waals surface area contributed by atoms with Crippen LogP contribution in [-0.4, -0.2) is 21.1 Å². The van der Waals surface area contributed by atoms with E-state index in [-0.39, 0.29) is 5.91 Å². The van der Waals surface area contributed by atoms with E-state index in [2.05, 4.69) is 20.5 Å². The number of aromatic nitrogens is 3. The molecule has 0 fully saturated rings. The minimum atomic E-state index is -0.177. The molecule has 2 N–H and O–H groups in total. The molecule has 4 aromatic rings. The van der Waals surface area contributed by atoms with Gasteiger partial charge in [-0.3, -0.25) is 9.89 Å². The van der Waals surface area contributed by atoms with Gasteiger partial charge in [-0.2, -0.15) is 5.10 Å². The lowest BCUT2D eigenvalue weighted by molar-refractivity contribution is 0.102. The van der Waals surface area contributed by atoms with E-state index in [1.54, 1.807) is 12.1 Å². The van der Waals surface area contributed by atoms with Crippen molar-refractivity contribution >= 4 is 11.6 Å². The molecule has 1 aromatic heterocycles. The van der Waals surface area contributed by atoms with E-state index < -0.39 is 0 Å². The highest BCUT2D eigenvalue weighted by Gasteiger charge is 2.09. The summed E-state index contributed by atoms with van der Waals surface area (Å²) >= 11 is 0. The van der Waals surface area contributed by atoms with Crippen molar-refractivity contribution in [1.29, 1.82) is 0 Å². The lowest BCUT2D eigenvalue weighted by atomic mass is 10.1. The average molecular weight is 384 g/mol. The van der Waals surface area contributed by atoms with Gasteiger partial charge in [0.25, 0.3) is 5.91 Å². The van der Waals surface area contributed by atoms with Crippen LogP contribution in [0.5, 0.6) is 5.75 Å². The number of hydrogen-bond acceptors (Lipinski definition) is 4. The second-order valence-electron chi connectivity index (χ2n) is 6.58. The molecule has 0 atom stereocenters. The Morgan fingerprint density at radius 2 is 1.79 bits per heavy atom. The van der Waals surface area contributed by atoms with Crippen LogP contribution in [0.4, 0.5) is 5.69 Å². The maximum absolute atomic E-state index is 12.6. The minimum absolute atomic E-state index is 0.177. The van der Waals surface area contributed by atoms with Gasteiger partial charge in [0.15, 0.2) is 5.82 Å². The van der Waals surface area contributed by atoms with E-state index in [0.717, 1.165) is 22.7 Å². The number of anilines is 1. The zero-order chi connectivity index (χ0) is 20.1. The van der Waals surface area contributed by atoms with Crippen molar-refractivity contribution < 1.29 is 9.53 Å². The van der Waals surface area contributed by atoms with E-state index in [9.17, 15) is 4.79 Å². The molecule has 0 bridgehead atoms. The van der Waals surface area contributed by atoms with E-state index >= 15 is 0 Å². The molecule has 6 nitrogen and oxygen atoms in total. The monoisotopic (exact) mass is 384 g/mol. The summed E-state index contributed by atoms with van der Waals surface area (Å²) in [4.78, 5) is 16.9. The van der Waals surface area contributed by atoms with Gasteiger partial charge in [-0.15, -0.1) is 0 Å². The highest BCUT2D eigenvalue weighted by atomic mass is 16.5. The molecule has 1 heterocycles. The van der Waals surface area contributed by atoms with Crippen LogP contribution in [0.1, 0.15) is 21.7 Å². The molecule has 0 aliphatic rings. The first kappa shape index (κ1) is 18.4. The first-order chi connectivity index (χ1) is 14.2. The van der Waals surface area contributed by atoms with E-state index in [0.29, 0.717) is 23.7 Å². The predicted octanol–water partition coefficient (Wildman–Crippen LogP) is 4.61. The lowest BCUT2D eigenvalue weighted by Crippen LogP contribution is -2.12. The van der Waals surface area contributed by atoms with Crippen molar-refractivity contribution in [3.05, 3.63) is 95.8 Å². The van der Waals surface area contributed by atoms with Gasteiger partial charge in [-0.05, 0) is 48.9 Å². The Labute approximate surface area is 168 Å². The standard InChI is InChI=1S/C23H20N4O2/c1-16-24-22(27-26-16)19-6-5-7-20(14-19)25-23(28)18-12-10-17(11-13-18)15-29-21-8-3-2-4-9-21/h2-14H,15H2,1H3,(H,25,28)(H,24,26,27). The number of carbonyl (C=O) groups is 1. The molecule has 0 aliphatic heterocycles. The van der Waals surface area contributed by atoms with Crippen LogP contribution in [0.15, 0.2) is 78.9 Å². The van der Waals surface area contributed by atoms with Crippen molar-refractivity contribution in [3.8, 4) is 17.1 Å². The van der Waals surface area contributed by atoms with Gasteiger partial charge in [0.2, 0.25) is 0 Å². The molecule has 0 saturated heterocycles. The van der Waals surface area contributed by atoms with Crippen LogP contribution in [0.2, 0.25) is 0 Å². The van der Waals surface area contributed by atoms with Crippen LogP contribution in [-0.2, 0) is 6.61 Å². The van der Waals surface area contributed by atoms with Crippen LogP contribution < -0.4 is 10.1 Å². The quantitative estimate of drug-likeness (QED) is 0.509. The molecule has 0 saturated carbocycles. The SMILES string of the molecule is Cc1nc(-c2cccc(NC(=O)c3ccc(COc4ccccc4)cc3)c2)n[nH]1. The van der Waals surface area contributed by atoms with Crippen molar-refractivity contribution in [2.24, 2.45) is 0 Å². The minimum Gasteiger partial charge on any atom is -0.489 e. The Bertz CT molecular complexity index is 1110. The molecule has 0 unspecified atom stereocenters. The molecule has 0 spiro atoms. The van der Waals surface area contributed by atoms with Gasteiger partial charge in [-0.25, -0.2) is 4.98 Å². The number of nitrogens with zero attached hydrogens (tertiary/aromatic N) is 2. The third-order valence-corrected chi connectivity index (χ3v) is 4.34. The van der Waals surface area contributed by atoms with E-state index in [1.807, 2.05) is 73.7 Å². The number of ether oxygens (including phenoxy) is 1. The predicted molar refractivity (Wildman–Crippen MR) is 112 cm³/mol. The second-order valence-corrected chi connectivity index (χ2v) is 6.58. The van der Waals surface area contributed by atoms with Crippen LogP contribution >= 0.6 is 0 Å². The van der Waals surface area contributed by atoms with Crippen LogP contribution in [0.25, 0.3) is 11.4 Å². The first-order valence-electron chi connectivity index (χ1n) is 9.25. The summed E-state index contributed by atoms with van der Waals surface area (Å²) < 4.78 is 5.73. The zero-order valence-corrected chi connectivity index (χ0v) is 15.9. The topological polar surface area (TPSA) is 79.9 Å².